The Morgan fingerprint density at radius 3 is 2.25 bits per heavy atom. The molecule has 484 valence electrons. The molecule has 93 heavy (non-hydrogen) atoms. The van der Waals surface area contributed by atoms with Crippen LogP contribution in [0.5, 0.6) is 0 Å². The molecule has 22 heteroatoms. The first-order valence-corrected chi connectivity index (χ1v) is 34.5. The number of nitriles is 1. The number of aliphatic hydroxyl groups is 1. The minimum absolute atomic E-state index is 0.0542. The fraction of sp³-hybridized carbons (Fsp3) is 0.479. The van der Waals surface area contributed by atoms with E-state index in [4.69, 9.17) is 10.1 Å². The molecule has 5 saturated carbocycles. The number of rotatable bonds is 21. The lowest BCUT2D eigenvalue weighted by Gasteiger charge is -2.56. The predicted molar refractivity (Wildman–Crippen MR) is 357 cm³/mol. The highest BCUT2D eigenvalue weighted by molar-refractivity contribution is 7.22. The first kappa shape index (κ1) is 63.4. The molecular formula is C71H81N13O7S2. The second-order valence-electron chi connectivity index (χ2n) is 28.2. The van der Waals surface area contributed by atoms with Gasteiger partial charge in [0.15, 0.2) is 5.13 Å². The van der Waals surface area contributed by atoms with Gasteiger partial charge in [-0.15, -0.1) is 11.3 Å². The van der Waals surface area contributed by atoms with Crippen molar-refractivity contribution < 1.29 is 33.9 Å². The monoisotopic (exact) mass is 1290 g/mol. The van der Waals surface area contributed by atoms with Crippen molar-refractivity contribution >= 4 is 79.3 Å². The Labute approximate surface area is 549 Å². The van der Waals surface area contributed by atoms with Gasteiger partial charge in [0, 0.05) is 68.1 Å². The van der Waals surface area contributed by atoms with Crippen molar-refractivity contribution in [2.75, 3.05) is 36.4 Å². The standard InChI is InChI=1S/C71H81N13O7S2/c1-41-61(92-40-75-41)48-17-15-47(16-18-48)55(77-64(88)56-30-49(85)36-83(56)66(90)62(69(3,4)5)80-67(91)71(38-72)22-23-71)31-59(86)73-24-8-9-25-74-65(89)60-50(52-35-76-84(42(52)2)39-70-32-43-27-44(33-70)29-45(28-43)34-70)19-20-58(79-60)82-26-21-46-11-10-12-51(53(46)37-82)63(87)81-68-78-54-13-6-7-14-57(54)93-68/h6-7,10-20,35,40,43-45,49,55-56,62,85H,8-9,21-34,36-37,39H2,1-5H3,(H,73,86)(H,74,89)(H,77,88)(H,80,91)(H,78,81,87)/t43?,44?,45?,49-,55?,56+,62?,70?/m1/s1. The van der Waals surface area contributed by atoms with Crippen molar-refractivity contribution in [1.82, 2.24) is 50.9 Å². The molecule has 20 nitrogen and oxygen atoms in total. The number of anilines is 2. The molecule has 14 rings (SSSR count). The van der Waals surface area contributed by atoms with Crippen molar-refractivity contribution in [2.45, 2.75) is 155 Å². The summed E-state index contributed by atoms with van der Waals surface area (Å²) >= 11 is 2.94. The topological polar surface area (TPSA) is 270 Å². The maximum atomic E-state index is 14.8. The van der Waals surface area contributed by atoms with Gasteiger partial charge in [0.1, 0.15) is 29.0 Å². The van der Waals surface area contributed by atoms with Crippen LogP contribution in [-0.2, 0) is 38.7 Å². The molecule has 2 aliphatic heterocycles. The summed E-state index contributed by atoms with van der Waals surface area (Å²) in [6.07, 6.45) is 11.0. The van der Waals surface area contributed by atoms with Crippen LogP contribution in [0.1, 0.15) is 153 Å². The molecule has 0 spiro atoms. The molecule has 6 heterocycles. The van der Waals surface area contributed by atoms with Gasteiger partial charge in [0.25, 0.3) is 11.8 Å². The lowest BCUT2D eigenvalue weighted by Crippen LogP contribution is -2.58. The van der Waals surface area contributed by atoms with E-state index in [1.165, 1.54) is 66.1 Å². The number of hydrogen-bond acceptors (Lipinski definition) is 15. The highest BCUT2D eigenvalue weighted by atomic mass is 32.1. The Morgan fingerprint density at radius 2 is 1.56 bits per heavy atom. The van der Waals surface area contributed by atoms with Crippen molar-refractivity contribution in [1.29, 1.82) is 5.26 Å². The average molecular weight is 1290 g/mol. The van der Waals surface area contributed by atoms with Gasteiger partial charge in [-0.1, -0.05) is 80.6 Å². The quantitative estimate of drug-likeness (QED) is 0.0366. The number of unbranched alkanes of at least 4 members (excludes halogenated alkanes) is 1. The highest BCUT2D eigenvalue weighted by Crippen LogP contribution is 2.61. The van der Waals surface area contributed by atoms with Crippen LogP contribution in [0.4, 0.5) is 10.9 Å². The number of aryl methyl sites for hydroxylation is 1. The summed E-state index contributed by atoms with van der Waals surface area (Å²) in [6, 6.07) is 24.2. The lowest BCUT2D eigenvalue weighted by molar-refractivity contribution is -0.144. The lowest BCUT2D eigenvalue weighted by atomic mass is 9.49. The average Bonchev–Trinajstić information content (AvgIpc) is 0.960. The third-order valence-corrected chi connectivity index (χ3v) is 22.3. The van der Waals surface area contributed by atoms with Crippen LogP contribution in [0.25, 0.3) is 31.8 Å². The third-order valence-electron chi connectivity index (χ3n) is 20.4. The number of fused-ring (bicyclic) bond motifs is 2. The molecule has 7 aromatic rings. The van der Waals surface area contributed by atoms with Gasteiger partial charge in [-0.3, -0.25) is 38.8 Å². The number of pyridine rings is 1. The number of hydrogen-bond donors (Lipinski definition) is 6. The molecule has 6 N–H and O–H groups in total. The molecule has 4 bridgehead atoms. The van der Waals surface area contributed by atoms with Crippen LogP contribution < -0.4 is 31.5 Å². The molecule has 4 aromatic heterocycles. The van der Waals surface area contributed by atoms with Crippen molar-refractivity contribution in [3.8, 4) is 27.6 Å². The van der Waals surface area contributed by atoms with Crippen molar-refractivity contribution in [3.05, 3.63) is 130 Å². The van der Waals surface area contributed by atoms with Crippen LogP contribution in [0.3, 0.4) is 0 Å². The number of nitrogens with one attached hydrogen (secondary N) is 5. The summed E-state index contributed by atoms with van der Waals surface area (Å²) in [4.78, 5) is 104. The molecule has 3 aromatic carbocycles. The number of aromatic nitrogens is 5. The van der Waals surface area contributed by atoms with E-state index in [2.05, 4.69) is 65.2 Å². The molecule has 6 fully saturated rings. The summed E-state index contributed by atoms with van der Waals surface area (Å²) in [5.74, 6) is 0.472. The van der Waals surface area contributed by atoms with E-state index in [1.54, 1.807) is 26.3 Å². The molecule has 4 atom stereocenters. The number of thiazole rings is 2. The van der Waals surface area contributed by atoms with Crippen LogP contribution in [0.15, 0.2) is 90.6 Å². The number of benzene rings is 3. The zero-order chi connectivity index (χ0) is 64.9. The molecule has 5 aliphatic carbocycles. The Hall–Kier alpha value is -8.39. The molecule has 0 radical (unpaired) electrons. The fourth-order valence-electron chi connectivity index (χ4n) is 15.7. The van der Waals surface area contributed by atoms with E-state index < -0.39 is 52.8 Å². The number of carbonyl (C=O) groups is 6. The maximum absolute atomic E-state index is 14.8. The Balaban J connectivity index is 0.685. The van der Waals surface area contributed by atoms with Gasteiger partial charge in [-0.2, -0.15) is 10.4 Å². The van der Waals surface area contributed by atoms with Gasteiger partial charge in [0.05, 0.1) is 57.1 Å². The number of β-amino-alcohol motifs (C(OH)–C–C–N with tert-alkyl or cyclic N) is 1. The number of aliphatic hydroxyl groups excluding tert-OH is 1. The molecular weight excluding hydrogens is 1210 g/mol. The Kier molecular flexibility index (Phi) is 17.6. The van der Waals surface area contributed by atoms with Gasteiger partial charge in [0.2, 0.25) is 23.6 Å². The largest absolute Gasteiger partial charge is 0.391 e. The van der Waals surface area contributed by atoms with E-state index in [1.807, 2.05) is 85.9 Å². The van der Waals surface area contributed by atoms with E-state index in [9.17, 15) is 39.1 Å². The maximum Gasteiger partial charge on any atom is 0.270 e. The van der Waals surface area contributed by atoms with Gasteiger partial charge in [-0.25, -0.2) is 15.0 Å². The smallest absolute Gasteiger partial charge is 0.270 e. The van der Waals surface area contributed by atoms with Crippen LogP contribution in [0.2, 0.25) is 0 Å². The zero-order valence-corrected chi connectivity index (χ0v) is 55.1. The minimum atomic E-state index is -1.18. The first-order valence-electron chi connectivity index (χ1n) is 32.9. The second kappa shape index (κ2) is 25.8. The zero-order valence-electron chi connectivity index (χ0n) is 53.4. The number of carbonyl (C=O) groups excluding carboxylic acids is 6. The number of para-hydroxylation sites is 1. The normalized spacial score (nSPS) is 22.4. The van der Waals surface area contributed by atoms with Crippen molar-refractivity contribution in [3.63, 3.8) is 0 Å². The number of likely N-dealkylation sites (tertiary alicyclic amines) is 1. The van der Waals surface area contributed by atoms with Gasteiger partial charge >= 0.3 is 0 Å². The summed E-state index contributed by atoms with van der Waals surface area (Å²) in [7, 11) is 0. The van der Waals surface area contributed by atoms with E-state index in [0.29, 0.717) is 79.4 Å². The first-order chi connectivity index (χ1) is 44.7. The third kappa shape index (κ3) is 13.3. The SMILES string of the molecule is Cc1ncsc1-c1ccc(C(CC(=O)NCCCCNC(=O)c2nc(N3CCc4cccc(C(=O)Nc5nc6ccccc6s5)c4C3)ccc2-c2cnn(CC34CC5CC(CC(C5)C3)C4)c2C)NC(=O)[C@@H]2C[C@@H](O)CN2C(=O)C(NC(=O)C2(C#N)CC2)C(C)(C)C)cc1. The summed E-state index contributed by atoms with van der Waals surface area (Å²) in [5, 5.41) is 41.4. The van der Waals surface area contributed by atoms with Gasteiger partial charge < -0.3 is 36.2 Å². The Morgan fingerprint density at radius 1 is 0.828 bits per heavy atom. The number of amides is 6. The van der Waals surface area contributed by atoms with Gasteiger partial charge in [-0.05, 0) is 166 Å². The minimum Gasteiger partial charge on any atom is -0.391 e. The number of nitrogens with zero attached hydrogens (tertiary/aromatic N) is 8. The van der Waals surface area contributed by atoms with E-state index >= 15 is 0 Å². The van der Waals surface area contributed by atoms with E-state index in [-0.39, 0.29) is 54.8 Å². The summed E-state index contributed by atoms with van der Waals surface area (Å²) < 4.78 is 3.15. The molecule has 6 amide bonds. The molecule has 2 unspecified atom stereocenters. The van der Waals surface area contributed by atoms with Crippen LogP contribution in [-0.4, -0.2) is 115 Å². The summed E-state index contributed by atoms with van der Waals surface area (Å²) in [6.45, 7) is 11.7. The van der Waals surface area contributed by atoms with Crippen LogP contribution in [0, 0.1) is 59.2 Å². The second-order valence-corrected chi connectivity index (χ2v) is 30.1. The summed E-state index contributed by atoms with van der Waals surface area (Å²) in [5.41, 5.74) is 8.67. The molecule has 1 saturated heterocycles. The fourth-order valence-corrected chi connectivity index (χ4v) is 17.3. The van der Waals surface area contributed by atoms with Crippen LogP contribution >= 0.6 is 22.7 Å². The Bertz CT molecular complexity index is 4010. The molecule has 7 aliphatic rings. The van der Waals surface area contributed by atoms with E-state index in [0.717, 1.165) is 73.0 Å². The predicted octanol–water partition coefficient (Wildman–Crippen LogP) is 10.00. The highest BCUT2D eigenvalue weighted by Gasteiger charge is 2.54. The van der Waals surface area contributed by atoms with Crippen molar-refractivity contribution in [2.24, 2.45) is 34.0 Å².